The molecule has 0 aromatic heterocycles. The van der Waals surface area contributed by atoms with Gasteiger partial charge in [-0.05, 0) is 24.7 Å². The van der Waals surface area contributed by atoms with Gasteiger partial charge in [-0.2, -0.15) is 0 Å². The fraction of sp³-hybridized carbons (Fsp3) is 0.556. The van der Waals surface area contributed by atoms with Crippen molar-refractivity contribution in [2.75, 3.05) is 0 Å². The summed E-state index contributed by atoms with van der Waals surface area (Å²) >= 11 is 0. The van der Waals surface area contributed by atoms with E-state index in [4.69, 9.17) is 0 Å². The zero-order valence-electron chi connectivity index (χ0n) is 14.7. The Balaban J connectivity index is 4.18. The van der Waals surface area contributed by atoms with Crippen LogP contribution in [0.4, 0.5) is 0 Å². The maximum atomic E-state index is 12.1. The Bertz CT molecular complexity index is 583. The number of Topliss-reactive ketones (excluding diaryl/α,β-unsaturated/α-hetero) is 2. The molecule has 0 aliphatic carbocycles. The fourth-order valence-corrected chi connectivity index (χ4v) is 2.87. The molecule has 0 radical (unpaired) electrons. The number of hydrogen-bond acceptors (Lipinski definition) is 4. The summed E-state index contributed by atoms with van der Waals surface area (Å²) in [5, 5.41) is 21.4. The van der Waals surface area contributed by atoms with E-state index in [1.54, 1.807) is 0 Å². The van der Waals surface area contributed by atoms with Crippen LogP contribution in [0, 0.1) is 0 Å². The molecule has 0 atom stereocenters. The van der Waals surface area contributed by atoms with Crippen LogP contribution in [-0.2, 0) is 10.8 Å². The van der Waals surface area contributed by atoms with Crippen LogP contribution in [0.5, 0.6) is 11.5 Å². The van der Waals surface area contributed by atoms with Crippen molar-refractivity contribution in [2.45, 2.75) is 66.2 Å². The van der Waals surface area contributed by atoms with Gasteiger partial charge in [-0.3, -0.25) is 9.59 Å². The van der Waals surface area contributed by atoms with Gasteiger partial charge in [0, 0.05) is 11.1 Å². The Hall–Kier alpha value is -1.84. The SMILES string of the molecule is CC(=O)c1c(O)c(C(C)(C)C)c(C(C)=O)c(O)c1C(C)(C)C. The van der Waals surface area contributed by atoms with Crippen LogP contribution in [0.25, 0.3) is 0 Å². The number of benzene rings is 1. The highest BCUT2D eigenvalue weighted by atomic mass is 16.3. The zero-order chi connectivity index (χ0) is 17.6. The van der Waals surface area contributed by atoms with E-state index in [1.807, 2.05) is 41.5 Å². The fourth-order valence-electron chi connectivity index (χ4n) is 2.87. The Kier molecular flexibility index (Phi) is 4.48. The first kappa shape index (κ1) is 18.2. The lowest BCUT2D eigenvalue weighted by Crippen LogP contribution is -2.23. The molecular weight excluding hydrogens is 280 g/mol. The Labute approximate surface area is 132 Å². The van der Waals surface area contributed by atoms with E-state index in [0.717, 1.165) is 0 Å². The second-order valence-corrected chi connectivity index (χ2v) is 7.81. The maximum absolute atomic E-state index is 12.1. The summed E-state index contributed by atoms with van der Waals surface area (Å²) in [5.74, 6) is -1.07. The Morgan fingerprint density at radius 3 is 1.05 bits per heavy atom. The van der Waals surface area contributed by atoms with Crippen LogP contribution in [0.1, 0.15) is 87.2 Å². The lowest BCUT2D eigenvalue weighted by atomic mass is 9.74. The molecule has 0 aliphatic rings. The van der Waals surface area contributed by atoms with Gasteiger partial charge in [-0.15, -0.1) is 0 Å². The van der Waals surface area contributed by atoms with Gasteiger partial charge in [0.25, 0.3) is 0 Å². The molecule has 0 unspecified atom stereocenters. The molecule has 2 N–H and O–H groups in total. The first-order chi connectivity index (χ1) is 9.71. The lowest BCUT2D eigenvalue weighted by molar-refractivity contribution is 0.0992. The Morgan fingerprint density at radius 1 is 0.682 bits per heavy atom. The predicted molar refractivity (Wildman–Crippen MR) is 87.2 cm³/mol. The second-order valence-electron chi connectivity index (χ2n) is 7.81. The average molecular weight is 306 g/mol. The smallest absolute Gasteiger partial charge is 0.163 e. The molecular formula is C18H26O4. The molecule has 0 saturated carbocycles. The lowest BCUT2D eigenvalue weighted by Gasteiger charge is -2.31. The summed E-state index contributed by atoms with van der Waals surface area (Å²) in [7, 11) is 0. The minimum atomic E-state index is -0.594. The van der Waals surface area contributed by atoms with E-state index in [9.17, 15) is 19.8 Å². The number of phenols is 2. The van der Waals surface area contributed by atoms with Crippen molar-refractivity contribution in [3.8, 4) is 11.5 Å². The van der Waals surface area contributed by atoms with E-state index in [2.05, 4.69) is 0 Å². The summed E-state index contributed by atoms with van der Waals surface area (Å²) < 4.78 is 0. The normalized spacial score (nSPS) is 12.4. The van der Waals surface area contributed by atoms with Crippen molar-refractivity contribution in [2.24, 2.45) is 0 Å². The van der Waals surface area contributed by atoms with Crippen LogP contribution in [-0.4, -0.2) is 21.8 Å². The summed E-state index contributed by atoms with van der Waals surface area (Å²) in [4.78, 5) is 24.2. The standard InChI is InChI=1S/C18H26O4/c1-9(19)11-13(17(3,4)5)16(22)12(10(2)20)14(15(11)21)18(6,7)8/h21-22H,1-8H3. The van der Waals surface area contributed by atoms with Gasteiger partial charge in [-0.1, -0.05) is 41.5 Å². The zero-order valence-corrected chi connectivity index (χ0v) is 14.7. The molecule has 122 valence electrons. The molecule has 0 heterocycles. The molecule has 0 spiro atoms. The van der Waals surface area contributed by atoms with Crippen LogP contribution < -0.4 is 0 Å². The van der Waals surface area contributed by atoms with Crippen LogP contribution in [0.3, 0.4) is 0 Å². The van der Waals surface area contributed by atoms with E-state index >= 15 is 0 Å². The first-order valence-electron chi connectivity index (χ1n) is 7.36. The first-order valence-corrected chi connectivity index (χ1v) is 7.36. The third-order valence-electron chi connectivity index (χ3n) is 3.65. The average Bonchev–Trinajstić information content (AvgIpc) is 2.26. The highest BCUT2D eigenvalue weighted by molar-refractivity contribution is 6.06. The van der Waals surface area contributed by atoms with Gasteiger partial charge in [0.1, 0.15) is 11.5 Å². The molecule has 0 aliphatic heterocycles. The quantitative estimate of drug-likeness (QED) is 0.637. The van der Waals surface area contributed by atoms with Crippen molar-refractivity contribution in [1.82, 2.24) is 0 Å². The highest BCUT2D eigenvalue weighted by Gasteiger charge is 2.36. The molecule has 0 saturated heterocycles. The van der Waals surface area contributed by atoms with Crippen LogP contribution >= 0.6 is 0 Å². The number of carbonyl (C=O) groups is 2. The number of aromatic hydroxyl groups is 2. The molecule has 1 aromatic carbocycles. The Morgan fingerprint density at radius 2 is 0.909 bits per heavy atom. The van der Waals surface area contributed by atoms with Crippen molar-refractivity contribution in [1.29, 1.82) is 0 Å². The monoisotopic (exact) mass is 306 g/mol. The molecule has 4 heteroatoms. The van der Waals surface area contributed by atoms with Crippen molar-refractivity contribution in [3.63, 3.8) is 0 Å². The number of phenolic OH excluding ortho intramolecular Hbond substituents is 2. The van der Waals surface area contributed by atoms with Crippen molar-refractivity contribution >= 4 is 11.6 Å². The van der Waals surface area contributed by atoms with Crippen LogP contribution in [0.2, 0.25) is 0 Å². The largest absolute Gasteiger partial charge is 0.507 e. The van der Waals surface area contributed by atoms with Gasteiger partial charge in [0.15, 0.2) is 11.6 Å². The molecule has 4 nitrogen and oxygen atoms in total. The van der Waals surface area contributed by atoms with E-state index in [0.29, 0.717) is 11.1 Å². The van der Waals surface area contributed by atoms with Gasteiger partial charge in [0.2, 0.25) is 0 Å². The maximum Gasteiger partial charge on any atom is 0.163 e. The predicted octanol–water partition coefficient (Wildman–Crippen LogP) is 4.10. The number of hydrogen-bond donors (Lipinski definition) is 2. The third kappa shape index (κ3) is 3.01. The minimum absolute atomic E-state index is 0.0972. The van der Waals surface area contributed by atoms with Gasteiger partial charge in [-0.25, -0.2) is 0 Å². The molecule has 0 bridgehead atoms. The summed E-state index contributed by atoms with van der Waals surface area (Å²) in [6.45, 7) is 13.7. The topological polar surface area (TPSA) is 74.6 Å². The van der Waals surface area contributed by atoms with Crippen molar-refractivity contribution < 1.29 is 19.8 Å². The second kappa shape index (κ2) is 5.41. The van der Waals surface area contributed by atoms with E-state index < -0.39 is 10.8 Å². The van der Waals surface area contributed by atoms with Gasteiger partial charge >= 0.3 is 0 Å². The van der Waals surface area contributed by atoms with Crippen LogP contribution in [0.15, 0.2) is 0 Å². The van der Waals surface area contributed by atoms with E-state index in [-0.39, 0.29) is 34.2 Å². The number of ketones is 2. The molecule has 1 rings (SSSR count). The van der Waals surface area contributed by atoms with E-state index in [1.165, 1.54) is 13.8 Å². The van der Waals surface area contributed by atoms with Gasteiger partial charge < -0.3 is 10.2 Å². The molecule has 0 amide bonds. The van der Waals surface area contributed by atoms with Gasteiger partial charge in [0.05, 0.1) is 11.1 Å². The molecule has 1 aromatic rings. The molecule has 22 heavy (non-hydrogen) atoms. The summed E-state index contributed by atoms with van der Waals surface area (Å²) in [5.41, 5.74) is -0.363. The highest BCUT2D eigenvalue weighted by Crippen LogP contribution is 2.47. The third-order valence-corrected chi connectivity index (χ3v) is 3.65. The minimum Gasteiger partial charge on any atom is -0.507 e. The van der Waals surface area contributed by atoms with Crippen molar-refractivity contribution in [3.05, 3.63) is 22.3 Å². The molecule has 0 fully saturated rings. The number of rotatable bonds is 2. The summed E-state index contributed by atoms with van der Waals surface area (Å²) in [6, 6.07) is 0. The number of carbonyl (C=O) groups excluding carboxylic acids is 2. The summed E-state index contributed by atoms with van der Waals surface area (Å²) in [6.07, 6.45) is 0.